The number of quaternary nitrogens is 3. The van der Waals surface area contributed by atoms with Gasteiger partial charge < -0.3 is 44.4 Å². The van der Waals surface area contributed by atoms with Crippen molar-refractivity contribution in [2.24, 2.45) is 0 Å². The average molecular weight is 1170 g/mol. The van der Waals surface area contributed by atoms with E-state index in [9.17, 15) is 14.4 Å². The van der Waals surface area contributed by atoms with Crippen LogP contribution >= 0.6 is 0 Å². The fraction of sp³-hybridized carbons (Fsp3) is 0.625. The second kappa shape index (κ2) is 48.8. The first kappa shape index (κ1) is 71.1. The number of unbranched alkanes of at least 4 members (excludes halogenated alkanes) is 24. The first-order valence-electron chi connectivity index (χ1n) is 33.6. The minimum atomic E-state index is -0.563. The minimum absolute atomic E-state index is 0.147. The monoisotopic (exact) mass is 1160 g/mol. The van der Waals surface area contributed by atoms with Crippen LogP contribution in [0, 0.1) is 0 Å². The van der Waals surface area contributed by atoms with Crippen LogP contribution < -0.4 is 30.2 Å². The van der Waals surface area contributed by atoms with Gasteiger partial charge in [0, 0.05) is 16.7 Å². The first-order chi connectivity index (χ1) is 41.4. The van der Waals surface area contributed by atoms with Crippen molar-refractivity contribution >= 4 is 17.9 Å². The molecule has 0 aliphatic rings. The third-order valence-electron chi connectivity index (χ3n) is 15.5. The molecule has 12 nitrogen and oxygen atoms in total. The number of ether oxygens (including phenoxy) is 6. The summed E-state index contributed by atoms with van der Waals surface area (Å²) < 4.78 is 35.0. The van der Waals surface area contributed by atoms with E-state index >= 15 is 0 Å². The molecule has 0 atom stereocenters. The van der Waals surface area contributed by atoms with Crippen LogP contribution in [-0.4, -0.2) is 77.2 Å². The molecule has 12 heteroatoms. The highest BCUT2D eigenvalue weighted by Crippen LogP contribution is 2.20. The van der Waals surface area contributed by atoms with Crippen LogP contribution in [0.1, 0.15) is 261 Å². The van der Waals surface area contributed by atoms with Gasteiger partial charge in [0.15, 0.2) is 0 Å². The van der Waals surface area contributed by atoms with Crippen LogP contribution in [0.4, 0.5) is 0 Å². The smallest absolute Gasteiger partial charge is 0.338 e. The van der Waals surface area contributed by atoms with Crippen LogP contribution in [0.15, 0.2) is 91.0 Å². The van der Waals surface area contributed by atoms with Crippen LogP contribution in [0.25, 0.3) is 0 Å². The maximum Gasteiger partial charge on any atom is 0.338 e. The van der Waals surface area contributed by atoms with E-state index in [0.717, 1.165) is 172 Å². The summed E-state index contributed by atoms with van der Waals surface area (Å²) in [6.07, 6.45) is 32.8. The van der Waals surface area contributed by atoms with Crippen molar-refractivity contribution < 1.29 is 58.8 Å². The Bertz CT molecular complexity index is 1990. The van der Waals surface area contributed by atoms with Gasteiger partial charge in [-0.25, -0.2) is 14.4 Å². The molecule has 0 fully saturated rings. The van der Waals surface area contributed by atoms with Gasteiger partial charge in [0.2, 0.25) is 0 Å². The van der Waals surface area contributed by atoms with E-state index < -0.39 is 17.9 Å². The largest absolute Gasteiger partial charge is 0.494 e. The molecular weight excluding hydrogens is 1050 g/mol. The zero-order chi connectivity index (χ0) is 59.6. The number of hydrogen-bond acceptors (Lipinski definition) is 9. The van der Waals surface area contributed by atoms with Gasteiger partial charge in [-0.3, -0.25) is 0 Å². The molecule has 0 bridgehead atoms. The maximum absolute atomic E-state index is 13.4. The van der Waals surface area contributed by atoms with Gasteiger partial charge in [-0.1, -0.05) is 156 Å². The lowest BCUT2D eigenvalue weighted by atomic mass is 10.1. The Morgan fingerprint density at radius 2 is 0.500 bits per heavy atom. The Balaban J connectivity index is 1.09. The Morgan fingerprint density at radius 3 is 0.726 bits per heavy atom. The predicted octanol–water partition coefficient (Wildman–Crippen LogP) is 14.3. The molecule has 4 aromatic rings. The Hall–Kier alpha value is -5.43. The molecule has 4 rings (SSSR count). The maximum atomic E-state index is 13.4. The van der Waals surface area contributed by atoms with Gasteiger partial charge in [-0.15, -0.1) is 0 Å². The standard InChI is InChI=1S/C72H111N3O9/c1-4-7-46-73-58-61-34-40-67(41-35-61)79-49-28-22-16-10-13-19-25-31-52-82-70(76)64-55-65(71(77)83-53-32-26-20-14-11-17-23-29-50-80-68-42-36-62(37-43-68)59-74-47-8-5-2)57-66(56-64)72(78)84-54-33-27-21-15-12-18-24-30-51-81-69-44-38-63(39-45-69)60-75-48-9-6-3/h34-45,55-57,73-75H,4-33,46-54,58-60H2,1-3H3/p+3. The summed E-state index contributed by atoms with van der Waals surface area (Å²) in [6, 6.07) is 30.0. The molecule has 0 saturated heterocycles. The summed E-state index contributed by atoms with van der Waals surface area (Å²) in [7, 11) is 0. The van der Waals surface area contributed by atoms with Crippen molar-refractivity contribution in [3.8, 4) is 17.2 Å². The normalized spacial score (nSPS) is 11.2. The van der Waals surface area contributed by atoms with Crippen molar-refractivity contribution in [1.82, 2.24) is 0 Å². The number of rotatable bonds is 54. The van der Waals surface area contributed by atoms with E-state index in [4.69, 9.17) is 28.4 Å². The van der Waals surface area contributed by atoms with Crippen molar-refractivity contribution in [3.05, 3.63) is 124 Å². The van der Waals surface area contributed by atoms with Gasteiger partial charge in [0.25, 0.3) is 0 Å². The molecule has 84 heavy (non-hydrogen) atoms. The van der Waals surface area contributed by atoms with Gasteiger partial charge in [0.1, 0.15) is 36.9 Å². The molecular formula is C72H114N3O9+3. The van der Waals surface area contributed by atoms with Crippen LogP contribution in [0.3, 0.4) is 0 Å². The number of carbonyl (C=O) groups excluding carboxylic acids is 3. The summed E-state index contributed by atoms with van der Waals surface area (Å²) in [5, 5.41) is 7.10. The first-order valence-corrected chi connectivity index (χ1v) is 33.6. The summed E-state index contributed by atoms with van der Waals surface area (Å²) in [5.74, 6) is 1.14. The predicted molar refractivity (Wildman–Crippen MR) is 340 cm³/mol. The number of esters is 3. The number of hydrogen-bond donors (Lipinski definition) is 3. The summed E-state index contributed by atoms with van der Waals surface area (Å²) >= 11 is 0. The lowest BCUT2D eigenvalue weighted by molar-refractivity contribution is -0.671. The third-order valence-corrected chi connectivity index (χ3v) is 15.5. The molecule has 6 N–H and O–H groups in total. The SMILES string of the molecule is CCCC[NH2+]Cc1ccc(OCCCCCCCCCCOC(=O)c2cc(C(=O)OCCCCCCCCCCOc3ccc(C[NH2+]CCCC)cc3)cc(C(=O)OCCCCCCCCCCOc3ccc(C[NH2+]CCCC)cc3)c2)cc1. The van der Waals surface area contributed by atoms with Gasteiger partial charge in [-0.05, 0) is 149 Å². The van der Waals surface area contributed by atoms with Crippen molar-refractivity contribution in [3.63, 3.8) is 0 Å². The fourth-order valence-electron chi connectivity index (χ4n) is 10.1. The summed E-state index contributed by atoms with van der Waals surface area (Å²) in [5.41, 5.74) is 4.45. The number of nitrogens with two attached hydrogens (primary N) is 3. The summed E-state index contributed by atoms with van der Waals surface area (Å²) in [6.45, 7) is 16.3. The molecule has 0 aromatic heterocycles. The summed E-state index contributed by atoms with van der Waals surface area (Å²) in [4.78, 5) is 40.2. The molecule has 0 unspecified atom stereocenters. The minimum Gasteiger partial charge on any atom is -0.494 e. The van der Waals surface area contributed by atoms with Gasteiger partial charge in [-0.2, -0.15) is 0 Å². The van der Waals surface area contributed by atoms with Gasteiger partial charge >= 0.3 is 17.9 Å². The zero-order valence-corrected chi connectivity index (χ0v) is 52.8. The fourth-order valence-corrected chi connectivity index (χ4v) is 10.1. The third kappa shape index (κ3) is 35.1. The van der Waals surface area contributed by atoms with E-state index in [2.05, 4.69) is 110 Å². The zero-order valence-electron chi connectivity index (χ0n) is 52.8. The van der Waals surface area contributed by atoms with Crippen LogP contribution in [-0.2, 0) is 33.8 Å². The molecule has 0 spiro atoms. The second-order valence-electron chi connectivity index (χ2n) is 23.1. The van der Waals surface area contributed by atoms with Crippen molar-refractivity contribution in [2.75, 3.05) is 59.3 Å². The van der Waals surface area contributed by atoms with E-state index in [-0.39, 0.29) is 36.5 Å². The van der Waals surface area contributed by atoms with E-state index in [1.165, 1.54) is 132 Å². The molecule has 0 amide bonds. The van der Waals surface area contributed by atoms with Crippen LogP contribution in [0.2, 0.25) is 0 Å². The van der Waals surface area contributed by atoms with E-state index in [0.29, 0.717) is 0 Å². The number of benzene rings is 4. The lowest BCUT2D eigenvalue weighted by Gasteiger charge is -2.11. The van der Waals surface area contributed by atoms with E-state index in [1.54, 1.807) is 0 Å². The molecule has 4 aromatic carbocycles. The second-order valence-corrected chi connectivity index (χ2v) is 23.1. The molecule has 0 saturated carbocycles. The Morgan fingerprint density at radius 1 is 0.286 bits per heavy atom. The lowest BCUT2D eigenvalue weighted by Crippen LogP contribution is -2.82. The topological polar surface area (TPSA) is 156 Å². The Kier molecular flexibility index (Phi) is 41.3. The highest BCUT2D eigenvalue weighted by atomic mass is 16.5. The number of carbonyl (C=O) groups is 3. The molecule has 0 heterocycles. The van der Waals surface area contributed by atoms with E-state index in [1.807, 2.05) is 0 Å². The van der Waals surface area contributed by atoms with Crippen molar-refractivity contribution in [2.45, 2.75) is 233 Å². The highest BCUT2D eigenvalue weighted by Gasteiger charge is 2.19. The molecule has 0 radical (unpaired) electrons. The Labute approximate surface area is 508 Å². The van der Waals surface area contributed by atoms with Crippen LogP contribution in [0.5, 0.6) is 17.2 Å². The quantitative estimate of drug-likeness (QED) is 0.0222. The highest BCUT2D eigenvalue weighted by molar-refractivity contribution is 6.00. The van der Waals surface area contributed by atoms with Crippen molar-refractivity contribution in [1.29, 1.82) is 0 Å². The molecule has 468 valence electrons. The average Bonchev–Trinajstić information content (AvgIpc) is 3.72. The van der Waals surface area contributed by atoms with Gasteiger partial charge in [0.05, 0.1) is 76.0 Å². The molecule has 0 aliphatic heterocycles. The molecule has 0 aliphatic carbocycles.